The molecule has 1 amide bonds. The van der Waals surface area contributed by atoms with Gasteiger partial charge in [-0.25, -0.2) is 4.98 Å². The lowest BCUT2D eigenvalue weighted by Crippen LogP contribution is -2.22. The summed E-state index contributed by atoms with van der Waals surface area (Å²) < 4.78 is 5.52. The van der Waals surface area contributed by atoms with Crippen molar-refractivity contribution < 1.29 is 14.0 Å². The molecular weight excluding hydrogens is 348 g/mol. The van der Waals surface area contributed by atoms with Crippen molar-refractivity contribution in [3.05, 3.63) is 52.2 Å². The highest BCUT2D eigenvalue weighted by atomic mass is 35.5. The van der Waals surface area contributed by atoms with Crippen molar-refractivity contribution >= 4 is 56.8 Å². The van der Waals surface area contributed by atoms with E-state index in [1.807, 2.05) is 0 Å². The molecule has 5 nitrogen and oxygen atoms in total. The molecule has 0 saturated carbocycles. The summed E-state index contributed by atoms with van der Waals surface area (Å²) in [6.45, 7) is 1.47. The van der Waals surface area contributed by atoms with E-state index in [2.05, 4.69) is 4.98 Å². The number of hydrogen-bond donors (Lipinski definition) is 0. The second-order valence-corrected chi connectivity index (χ2v) is 6.40. The summed E-state index contributed by atoms with van der Waals surface area (Å²) >= 11 is 7.26. The molecule has 24 heavy (non-hydrogen) atoms. The van der Waals surface area contributed by atoms with Gasteiger partial charge >= 0.3 is 0 Å². The van der Waals surface area contributed by atoms with Crippen molar-refractivity contribution in [2.75, 3.05) is 11.9 Å². The summed E-state index contributed by atoms with van der Waals surface area (Å²) in [7, 11) is 1.65. The molecule has 0 unspecified atom stereocenters. The number of rotatable bonds is 4. The molecule has 0 N–H and O–H groups in total. The third-order valence-electron chi connectivity index (χ3n) is 3.40. The fraction of sp³-hybridized carbons (Fsp3) is 0.118. The first-order valence-electron chi connectivity index (χ1n) is 7.05. The zero-order chi connectivity index (χ0) is 17.3. The number of carbonyl (C=O) groups excluding carboxylic acids is 2. The molecule has 0 saturated heterocycles. The molecule has 0 radical (unpaired) electrons. The van der Waals surface area contributed by atoms with Gasteiger partial charge in [-0.1, -0.05) is 11.6 Å². The van der Waals surface area contributed by atoms with Crippen LogP contribution in [-0.4, -0.2) is 23.7 Å². The van der Waals surface area contributed by atoms with Crippen LogP contribution < -0.4 is 4.90 Å². The van der Waals surface area contributed by atoms with Crippen LogP contribution in [0.1, 0.15) is 23.2 Å². The number of allylic oxidation sites excluding steroid dienone is 1. The fourth-order valence-electron chi connectivity index (χ4n) is 2.02. The lowest BCUT2D eigenvalue weighted by atomic mass is 10.2. The smallest absolute Gasteiger partial charge is 0.225 e. The second-order valence-electron chi connectivity index (χ2n) is 5.12. The molecular formula is C17H13ClN2O3S. The number of ketones is 1. The van der Waals surface area contributed by atoms with Gasteiger partial charge in [0.2, 0.25) is 11.7 Å². The zero-order valence-corrected chi connectivity index (χ0v) is 14.5. The van der Waals surface area contributed by atoms with Gasteiger partial charge in [-0.3, -0.25) is 14.5 Å². The van der Waals surface area contributed by atoms with Gasteiger partial charge in [-0.2, -0.15) is 0 Å². The van der Waals surface area contributed by atoms with Gasteiger partial charge in [0.15, 0.2) is 10.9 Å². The Labute approximate surface area is 147 Å². The van der Waals surface area contributed by atoms with Crippen LogP contribution in [0.25, 0.3) is 17.0 Å². The van der Waals surface area contributed by atoms with Gasteiger partial charge < -0.3 is 4.42 Å². The molecule has 7 heteroatoms. The van der Waals surface area contributed by atoms with E-state index in [0.29, 0.717) is 21.4 Å². The Morgan fingerprint density at radius 2 is 2.12 bits per heavy atom. The normalized spacial score (nSPS) is 11.3. The molecule has 0 spiro atoms. The first kappa shape index (κ1) is 16.4. The molecule has 0 fully saturated rings. The number of fused-ring (bicyclic) bond motifs is 1. The van der Waals surface area contributed by atoms with E-state index in [0.717, 1.165) is 5.39 Å². The molecule has 1 aromatic carbocycles. The highest BCUT2D eigenvalue weighted by Crippen LogP contribution is 2.24. The van der Waals surface area contributed by atoms with Gasteiger partial charge in [-0.15, -0.1) is 11.3 Å². The Balaban J connectivity index is 1.78. The van der Waals surface area contributed by atoms with E-state index < -0.39 is 0 Å². The summed E-state index contributed by atoms with van der Waals surface area (Å²) in [5, 5.41) is 3.71. The van der Waals surface area contributed by atoms with Gasteiger partial charge in [0.1, 0.15) is 5.58 Å². The van der Waals surface area contributed by atoms with E-state index in [4.69, 9.17) is 16.0 Å². The van der Waals surface area contributed by atoms with Crippen molar-refractivity contribution in [1.29, 1.82) is 0 Å². The van der Waals surface area contributed by atoms with Crippen LogP contribution in [0.3, 0.4) is 0 Å². The summed E-state index contributed by atoms with van der Waals surface area (Å²) in [6, 6.07) is 6.83. The summed E-state index contributed by atoms with van der Waals surface area (Å²) in [4.78, 5) is 29.3. The number of thiazole rings is 1. The molecule has 0 aliphatic heterocycles. The van der Waals surface area contributed by atoms with Gasteiger partial charge in [0.05, 0.1) is 5.69 Å². The predicted molar refractivity (Wildman–Crippen MR) is 95.8 cm³/mol. The Morgan fingerprint density at radius 3 is 2.88 bits per heavy atom. The summed E-state index contributed by atoms with van der Waals surface area (Å²) in [5.41, 5.74) is 1.21. The molecule has 122 valence electrons. The monoisotopic (exact) mass is 360 g/mol. The molecule has 3 rings (SSSR count). The van der Waals surface area contributed by atoms with Gasteiger partial charge in [0, 0.05) is 29.8 Å². The predicted octanol–water partition coefficient (Wildman–Crippen LogP) is 4.42. The average Bonchev–Trinajstić information content (AvgIpc) is 3.18. The third-order valence-corrected chi connectivity index (χ3v) is 4.57. The van der Waals surface area contributed by atoms with Crippen molar-refractivity contribution in [3.63, 3.8) is 0 Å². The number of carbonyl (C=O) groups is 2. The Morgan fingerprint density at radius 1 is 1.33 bits per heavy atom. The van der Waals surface area contributed by atoms with Crippen LogP contribution in [0.5, 0.6) is 0 Å². The number of aromatic nitrogens is 1. The molecule has 2 heterocycles. The maximum atomic E-state index is 12.2. The lowest BCUT2D eigenvalue weighted by Gasteiger charge is -2.09. The Bertz CT molecular complexity index is 958. The van der Waals surface area contributed by atoms with Crippen molar-refractivity contribution in [2.45, 2.75) is 6.92 Å². The van der Waals surface area contributed by atoms with Crippen molar-refractivity contribution in [1.82, 2.24) is 4.98 Å². The number of nitrogens with zero attached hydrogens (tertiary/aromatic N) is 2. The minimum Gasteiger partial charge on any atom is -0.453 e. The topological polar surface area (TPSA) is 63.4 Å². The van der Waals surface area contributed by atoms with Crippen LogP contribution >= 0.6 is 22.9 Å². The first-order chi connectivity index (χ1) is 11.4. The SMILES string of the molecule is CC(=O)N(C)c1nc(/C=C\C(=O)c2cc3cc(Cl)ccc3o2)cs1. The zero-order valence-electron chi connectivity index (χ0n) is 12.9. The number of benzene rings is 1. The van der Waals surface area contributed by atoms with Crippen LogP contribution in [0.2, 0.25) is 5.02 Å². The van der Waals surface area contributed by atoms with E-state index in [1.165, 1.54) is 29.2 Å². The van der Waals surface area contributed by atoms with Gasteiger partial charge in [-0.05, 0) is 36.4 Å². The minimum atomic E-state index is -0.267. The molecule has 0 aliphatic carbocycles. The molecule has 0 bridgehead atoms. The summed E-state index contributed by atoms with van der Waals surface area (Å²) in [6.07, 6.45) is 2.99. The van der Waals surface area contributed by atoms with Crippen LogP contribution in [0.4, 0.5) is 5.13 Å². The minimum absolute atomic E-state index is 0.100. The quantitative estimate of drug-likeness (QED) is 0.510. The van der Waals surface area contributed by atoms with E-state index in [9.17, 15) is 9.59 Å². The Kier molecular flexibility index (Phi) is 4.51. The summed E-state index contributed by atoms with van der Waals surface area (Å²) in [5.74, 6) is -0.131. The van der Waals surface area contributed by atoms with Crippen molar-refractivity contribution in [2.24, 2.45) is 0 Å². The standard InChI is InChI=1S/C17H13ClN2O3S/c1-10(21)20(2)17-19-13(9-24-17)4-5-14(22)16-8-11-7-12(18)3-6-15(11)23-16/h3-9H,1-2H3/b5-4-. The van der Waals surface area contributed by atoms with Crippen LogP contribution in [-0.2, 0) is 4.79 Å². The maximum absolute atomic E-state index is 12.2. The number of anilines is 1. The molecule has 3 aromatic rings. The van der Waals surface area contributed by atoms with Crippen LogP contribution in [0, 0.1) is 0 Å². The maximum Gasteiger partial charge on any atom is 0.225 e. The van der Waals surface area contributed by atoms with E-state index >= 15 is 0 Å². The fourth-order valence-corrected chi connectivity index (χ4v) is 3.00. The van der Waals surface area contributed by atoms with Gasteiger partial charge in [0.25, 0.3) is 0 Å². The van der Waals surface area contributed by atoms with Crippen molar-refractivity contribution in [3.8, 4) is 0 Å². The van der Waals surface area contributed by atoms with Crippen LogP contribution in [0.15, 0.2) is 40.1 Å². The highest BCUT2D eigenvalue weighted by molar-refractivity contribution is 7.14. The number of amides is 1. The first-order valence-corrected chi connectivity index (χ1v) is 8.31. The second kappa shape index (κ2) is 6.59. The molecule has 0 aliphatic rings. The van der Waals surface area contributed by atoms with E-state index in [1.54, 1.807) is 42.8 Å². The lowest BCUT2D eigenvalue weighted by molar-refractivity contribution is -0.116. The third kappa shape index (κ3) is 3.39. The molecule has 2 aromatic heterocycles. The number of hydrogen-bond acceptors (Lipinski definition) is 5. The molecule has 0 atom stereocenters. The number of halogens is 1. The van der Waals surface area contributed by atoms with E-state index in [-0.39, 0.29) is 17.5 Å². The highest BCUT2D eigenvalue weighted by Gasteiger charge is 2.12. The largest absolute Gasteiger partial charge is 0.453 e. The number of furan rings is 1. The Hall–Kier alpha value is -2.44. The average molecular weight is 361 g/mol.